The Morgan fingerprint density at radius 3 is 2.48 bits per heavy atom. The van der Waals surface area contributed by atoms with Gasteiger partial charge in [-0.3, -0.25) is 0 Å². The van der Waals surface area contributed by atoms with Crippen LogP contribution in [0.3, 0.4) is 0 Å². The lowest BCUT2D eigenvalue weighted by Crippen LogP contribution is -2.35. The van der Waals surface area contributed by atoms with Crippen LogP contribution < -0.4 is 10.6 Å². The minimum atomic E-state index is -0.148. The zero-order valence-corrected chi connectivity index (χ0v) is 13.0. The first-order chi connectivity index (χ1) is 11.3. The minimum Gasteiger partial charge on any atom is -0.338 e. The number of urea groups is 1. The lowest BCUT2D eigenvalue weighted by molar-refractivity contribution is 0.243. The maximum absolute atomic E-state index is 11.9. The van der Waals surface area contributed by atoms with Crippen LogP contribution in [0.25, 0.3) is 0 Å². The van der Waals surface area contributed by atoms with Crippen LogP contribution in [0.4, 0.5) is 10.5 Å². The summed E-state index contributed by atoms with van der Waals surface area (Å²) in [7, 11) is 0. The fourth-order valence-corrected chi connectivity index (χ4v) is 2.45. The number of carbonyl (C=O) groups is 1. The summed E-state index contributed by atoms with van der Waals surface area (Å²) in [5, 5.41) is 5.79. The Bertz CT molecular complexity index is 724. The fourth-order valence-electron chi connectivity index (χ4n) is 2.45. The van der Waals surface area contributed by atoms with E-state index in [9.17, 15) is 4.79 Å². The van der Waals surface area contributed by atoms with E-state index >= 15 is 0 Å². The van der Waals surface area contributed by atoms with Gasteiger partial charge in [0.25, 0.3) is 0 Å². The molecule has 0 aromatic heterocycles. The molecule has 0 saturated heterocycles. The van der Waals surface area contributed by atoms with E-state index in [1.54, 1.807) is 0 Å². The van der Waals surface area contributed by atoms with Gasteiger partial charge in [0.05, 0.1) is 0 Å². The highest BCUT2D eigenvalue weighted by molar-refractivity contribution is 5.89. The molecular weight excluding hydrogens is 284 g/mol. The molecule has 0 unspecified atom stereocenters. The van der Waals surface area contributed by atoms with E-state index in [1.807, 2.05) is 54.6 Å². The van der Waals surface area contributed by atoms with Gasteiger partial charge in [0, 0.05) is 23.4 Å². The molecule has 1 fully saturated rings. The maximum atomic E-state index is 11.9. The summed E-state index contributed by atoms with van der Waals surface area (Å²) in [4.78, 5) is 11.9. The van der Waals surface area contributed by atoms with E-state index in [-0.39, 0.29) is 6.03 Å². The summed E-state index contributed by atoms with van der Waals surface area (Å²) in [6.07, 6.45) is 3.74. The summed E-state index contributed by atoms with van der Waals surface area (Å²) in [5.41, 5.74) is 2.62. The predicted molar refractivity (Wildman–Crippen MR) is 93.2 cm³/mol. The van der Waals surface area contributed by atoms with E-state index in [1.165, 1.54) is 19.3 Å². The molecule has 1 aliphatic rings. The molecule has 23 heavy (non-hydrogen) atoms. The van der Waals surface area contributed by atoms with Crippen molar-refractivity contribution in [3.05, 3.63) is 65.7 Å². The van der Waals surface area contributed by atoms with Gasteiger partial charge in [0.2, 0.25) is 0 Å². The lowest BCUT2D eigenvalue weighted by Gasteiger charge is -2.25. The molecule has 3 nitrogen and oxygen atoms in total. The van der Waals surface area contributed by atoms with Crippen LogP contribution in [0.2, 0.25) is 0 Å². The quantitative estimate of drug-likeness (QED) is 0.827. The number of anilines is 1. The zero-order chi connectivity index (χ0) is 15.9. The highest BCUT2D eigenvalue weighted by Crippen LogP contribution is 2.25. The molecule has 3 rings (SSSR count). The smallest absolute Gasteiger partial charge is 0.319 e. The van der Waals surface area contributed by atoms with Gasteiger partial charge < -0.3 is 10.6 Å². The Labute approximate surface area is 137 Å². The van der Waals surface area contributed by atoms with Gasteiger partial charge in [-0.05, 0) is 49.1 Å². The van der Waals surface area contributed by atoms with Crippen LogP contribution in [-0.2, 0) is 0 Å². The van der Waals surface area contributed by atoms with Crippen molar-refractivity contribution in [1.82, 2.24) is 5.32 Å². The van der Waals surface area contributed by atoms with Crippen LogP contribution in [0.1, 0.15) is 30.4 Å². The topological polar surface area (TPSA) is 41.1 Å². The Balaban J connectivity index is 1.58. The number of rotatable bonds is 3. The molecular formula is C20H20N2O. The first-order valence-corrected chi connectivity index (χ1v) is 8.01. The highest BCUT2D eigenvalue weighted by atomic mass is 16.2. The molecule has 2 aromatic carbocycles. The molecule has 0 bridgehead atoms. The van der Waals surface area contributed by atoms with Crippen LogP contribution in [0.5, 0.6) is 0 Å². The number of nitrogens with one attached hydrogen (secondary N) is 2. The zero-order valence-electron chi connectivity index (χ0n) is 13.0. The molecule has 2 amide bonds. The van der Waals surface area contributed by atoms with Gasteiger partial charge in [-0.2, -0.15) is 0 Å². The van der Waals surface area contributed by atoms with Gasteiger partial charge in [-0.1, -0.05) is 42.5 Å². The van der Waals surface area contributed by atoms with E-state index in [0.717, 1.165) is 23.4 Å². The Kier molecular flexibility index (Phi) is 4.95. The third-order valence-electron chi connectivity index (χ3n) is 4.02. The van der Waals surface area contributed by atoms with Crippen LogP contribution in [-0.4, -0.2) is 12.6 Å². The van der Waals surface area contributed by atoms with E-state index < -0.39 is 0 Å². The summed E-state index contributed by atoms with van der Waals surface area (Å²) < 4.78 is 0. The van der Waals surface area contributed by atoms with Gasteiger partial charge in [-0.25, -0.2) is 4.79 Å². The normalized spacial score (nSPS) is 13.4. The summed E-state index contributed by atoms with van der Waals surface area (Å²) in [6.45, 7) is 0.763. The molecule has 1 aliphatic carbocycles. The Morgan fingerprint density at radius 2 is 1.74 bits per heavy atom. The van der Waals surface area contributed by atoms with Gasteiger partial charge in [-0.15, -0.1) is 0 Å². The average molecular weight is 304 g/mol. The first-order valence-electron chi connectivity index (χ1n) is 8.01. The molecule has 0 spiro atoms. The third-order valence-corrected chi connectivity index (χ3v) is 4.02. The van der Waals surface area contributed by atoms with Crippen LogP contribution in [0.15, 0.2) is 54.6 Å². The summed E-state index contributed by atoms with van der Waals surface area (Å²) >= 11 is 0. The second-order valence-electron chi connectivity index (χ2n) is 5.83. The van der Waals surface area contributed by atoms with Crippen molar-refractivity contribution in [2.24, 2.45) is 5.92 Å². The molecule has 0 aliphatic heterocycles. The lowest BCUT2D eigenvalue weighted by atomic mass is 9.85. The predicted octanol–water partition coefficient (Wildman–Crippen LogP) is 4.01. The standard InChI is InChI=1S/C20H20N2O/c23-20(21-15-18-9-4-10-18)22-19-11-5-8-17(14-19)13-12-16-6-2-1-3-7-16/h1-3,5-8,11,14,18H,4,9-10,15H2,(H2,21,22,23). The monoisotopic (exact) mass is 304 g/mol. The second-order valence-corrected chi connectivity index (χ2v) is 5.83. The SMILES string of the molecule is O=C(NCC1CCC1)Nc1cccc(C#Cc2ccccc2)c1. The molecule has 2 N–H and O–H groups in total. The highest BCUT2D eigenvalue weighted by Gasteiger charge is 2.17. The van der Waals surface area contributed by atoms with Crippen molar-refractivity contribution in [2.45, 2.75) is 19.3 Å². The Morgan fingerprint density at radius 1 is 1.00 bits per heavy atom. The fraction of sp³-hybridized carbons (Fsp3) is 0.250. The maximum Gasteiger partial charge on any atom is 0.319 e. The van der Waals surface area contributed by atoms with Crippen molar-refractivity contribution in [2.75, 3.05) is 11.9 Å². The molecule has 3 heteroatoms. The van der Waals surface area contributed by atoms with Crippen molar-refractivity contribution < 1.29 is 4.79 Å². The number of carbonyl (C=O) groups excluding carboxylic acids is 1. The van der Waals surface area contributed by atoms with Crippen molar-refractivity contribution >= 4 is 11.7 Å². The van der Waals surface area contributed by atoms with E-state index in [2.05, 4.69) is 22.5 Å². The second kappa shape index (κ2) is 7.51. The molecule has 1 saturated carbocycles. The van der Waals surface area contributed by atoms with E-state index in [4.69, 9.17) is 0 Å². The number of benzene rings is 2. The molecule has 0 heterocycles. The van der Waals surface area contributed by atoms with Crippen molar-refractivity contribution in [1.29, 1.82) is 0 Å². The third kappa shape index (κ3) is 4.62. The summed E-state index contributed by atoms with van der Waals surface area (Å²) in [6, 6.07) is 17.3. The molecule has 0 atom stereocenters. The van der Waals surface area contributed by atoms with Crippen molar-refractivity contribution in [3.8, 4) is 11.8 Å². The average Bonchev–Trinajstić information content (AvgIpc) is 2.53. The number of hydrogen-bond acceptors (Lipinski definition) is 1. The summed E-state index contributed by atoms with van der Waals surface area (Å²) in [5.74, 6) is 6.90. The van der Waals surface area contributed by atoms with Gasteiger partial charge in [0.15, 0.2) is 0 Å². The Hall–Kier alpha value is -2.73. The largest absolute Gasteiger partial charge is 0.338 e. The first kappa shape index (κ1) is 15.2. The van der Waals surface area contributed by atoms with Gasteiger partial charge in [0.1, 0.15) is 0 Å². The van der Waals surface area contributed by atoms with E-state index in [0.29, 0.717) is 5.92 Å². The molecule has 0 radical (unpaired) electrons. The van der Waals surface area contributed by atoms with Crippen LogP contribution >= 0.6 is 0 Å². The van der Waals surface area contributed by atoms with Crippen LogP contribution in [0, 0.1) is 17.8 Å². The van der Waals surface area contributed by atoms with Crippen molar-refractivity contribution in [3.63, 3.8) is 0 Å². The number of hydrogen-bond donors (Lipinski definition) is 2. The molecule has 116 valence electrons. The van der Waals surface area contributed by atoms with Gasteiger partial charge >= 0.3 is 6.03 Å². The minimum absolute atomic E-state index is 0.148. The molecule has 2 aromatic rings. The number of amides is 2.